The molecule has 1 aliphatic rings. The van der Waals surface area contributed by atoms with E-state index in [4.69, 9.17) is 9.15 Å². The Labute approximate surface area is 94.1 Å². The van der Waals surface area contributed by atoms with Gasteiger partial charge in [-0.05, 0) is 13.0 Å². The predicted octanol–water partition coefficient (Wildman–Crippen LogP) is 0.306. The van der Waals surface area contributed by atoms with E-state index in [0.29, 0.717) is 18.7 Å². The molecule has 2 heterocycles. The van der Waals surface area contributed by atoms with Gasteiger partial charge >= 0.3 is 0 Å². The molecule has 5 nitrogen and oxygen atoms in total. The van der Waals surface area contributed by atoms with Crippen molar-refractivity contribution < 1.29 is 13.9 Å². The van der Waals surface area contributed by atoms with Crippen molar-refractivity contribution in [3.63, 3.8) is 0 Å². The number of carbonyl (C=O) groups is 1. The van der Waals surface area contributed by atoms with Gasteiger partial charge in [-0.3, -0.25) is 4.79 Å². The monoisotopic (exact) mass is 224 g/mol. The van der Waals surface area contributed by atoms with Crippen LogP contribution in [0.2, 0.25) is 0 Å². The Morgan fingerprint density at radius 2 is 2.56 bits per heavy atom. The number of hydrogen-bond acceptors (Lipinski definition) is 4. The Balaban J connectivity index is 1.79. The summed E-state index contributed by atoms with van der Waals surface area (Å²) in [5, 5.41) is 6.11. The molecule has 5 heteroatoms. The van der Waals surface area contributed by atoms with Crippen LogP contribution in [0.5, 0.6) is 0 Å². The lowest BCUT2D eigenvalue weighted by Crippen LogP contribution is -2.48. The SMILES string of the molecule is Cc1cc(C(=O)NCC2COCCN2)co1. The van der Waals surface area contributed by atoms with Gasteiger partial charge in [-0.2, -0.15) is 0 Å². The van der Waals surface area contributed by atoms with Crippen molar-refractivity contribution in [3.8, 4) is 0 Å². The fraction of sp³-hybridized carbons (Fsp3) is 0.545. The molecule has 88 valence electrons. The summed E-state index contributed by atoms with van der Waals surface area (Å²) in [6, 6.07) is 1.92. The molecule has 0 radical (unpaired) electrons. The molecule has 1 amide bonds. The average Bonchev–Trinajstić information content (AvgIpc) is 2.74. The van der Waals surface area contributed by atoms with Crippen molar-refractivity contribution in [1.29, 1.82) is 0 Å². The van der Waals surface area contributed by atoms with Gasteiger partial charge in [0.25, 0.3) is 5.91 Å². The first-order valence-electron chi connectivity index (χ1n) is 5.40. The summed E-state index contributed by atoms with van der Waals surface area (Å²) in [5.41, 5.74) is 0.564. The summed E-state index contributed by atoms with van der Waals surface area (Å²) in [7, 11) is 0. The van der Waals surface area contributed by atoms with E-state index in [0.717, 1.165) is 18.9 Å². The number of carbonyl (C=O) groups excluding carboxylic acids is 1. The molecule has 16 heavy (non-hydrogen) atoms. The molecule has 0 bridgehead atoms. The third-order valence-corrected chi connectivity index (χ3v) is 2.50. The quantitative estimate of drug-likeness (QED) is 0.775. The molecular formula is C11H16N2O3. The fourth-order valence-corrected chi connectivity index (χ4v) is 1.63. The second-order valence-corrected chi connectivity index (χ2v) is 3.88. The third kappa shape index (κ3) is 2.84. The number of furan rings is 1. The molecule has 1 aromatic rings. The molecule has 1 unspecified atom stereocenters. The number of nitrogens with one attached hydrogen (secondary N) is 2. The van der Waals surface area contributed by atoms with E-state index in [1.165, 1.54) is 6.26 Å². The molecule has 1 saturated heterocycles. The molecule has 1 fully saturated rings. The van der Waals surface area contributed by atoms with Crippen LogP contribution in [0.3, 0.4) is 0 Å². The van der Waals surface area contributed by atoms with Gasteiger partial charge < -0.3 is 19.8 Å². The van der Waals surface area contributed by atoms with Crippen LogP contribution in [0.4, 0.5) is 0 Å². The minimum Gasteiger partial charge on any atom is -0.469 e. The van der Waals surface area contributed by atoms with Crippen molar-refractivity contribution in [3.05, 3.63) is 23.7 Å². The van der Waals surface area contributed by atoms with Crippen molar-refractivity contribution >= 4 is 5.91 Å². The van der Waals surface area contributed by atoms with E-state index in [-0.39, 0.29) is 11.9 Å². The number of hydrogen-bond donors (Lipinski definition) is 2. The van der Waals surface area contributed by atoms with Crippen molar-refractivity contribution in [1.82, 2.24) is 10.6 Å². The normalized spacial score (nSPS) is 20.7. The second kappa shape index (κ2) is 5.14. The fourth-order valence-electron chi connectivity index (χ4n) is 1.63. The van der Waals surface area contributed by atoms with E-state index in [2.05, 4.69) is 10.6 Å². The van der Waals surface area contributed by atoms with Crippen LogP contribution in [0.1, 0.15) is 16.1 Å². The number of morpholine rings is 1. The van der Waals surface area contributed by atoms with Crippen LogP contribution >= 0.6 is 0 Å². The summed E-state index contributed by atoms with van der Waals surface area (Å²) in [6.45, 7) is 4.61. The highest BCUT2D eigenvalue weighted by Gasteiger charge is 2.15. The zero-order chi connectivity index (χ0) is 11.4. The summed E-state index contributed by atoms with van der Waals surface area (Å²) in [4.78, 5) is 11.7. The first-order chi connectivity index (χ1) is 7.75. The largest absolute Gasteiger partial charge is 0.469 e. The predicted molar refractivity (Wildman–Crippen MR) is 58.4 cm³/mol. The van der Waals surface area contributed by atoms with Gasteiger partial charge in [0, 0.05) is 19.1 Å². The highest BCUT2D eigenvalue weighted by Crippen LogP contribution is 2.05. The molecule has 0 spiro atoms. The van der Waals surface area contributed by atoms with Gasteiger partial charge in [-0.15, -0.1) is 0 Å². The van der Waals surface area contributed by atoms with Gasteiger partial charge in [0.15, 0.2) is 0 Å². The van der Waals surface area contributed by atoms with E-state index in [9.17, 15) is 4.79 Å². The van der Waals surface area contributed by atoms with E-state index >= 15 is 0 Å². The average molecular weight is 224 g/mol. The van der Waals surface area contributed by atoms with Crippen LogP contribution in [-0.4, -0.2) is 38.3 Å². The van der Waals surface area contributed by atoms with E-state index in [1.807, 2.05) is 6.92 Å². The molecule has 1 aromatic heterocycles. The highest BCUT2D eigenvalue weighted by molar-refractivity contribution is 5.93. The summed E-state index contributed by atoms with van der Waals surface area (Å²) in [5.74, 6) is 0.633. The van der Waals surface area contributed by atoms with Crippen LogP contribution < -0.4 is 10.6 Å². The third-order valence-electron chi connectivity index (χ3n) is 2.50. The molecule has 2 rings (SSSR count). The van der Waals surface area contributed by atoms with Gasteiger partial charge in [0.2, 0.25) is 0 Å². The summed E-state index contributed by atoms with van der Waals surface area (Å²) in [6.07, 6.45) is 1.47. The molecule has 1 aliphatic heterocycles. The number of aryl methyl sites for hydroxylation is 1. The maximum absolute atomic E-state index is 11.7. The van der Waals surface area contributed by atoms with Gasteiger partial charge in [0.1, 0.15) is 12.0 Å². The summed E-state index contributed by atoms with van der Waals surface area (Å²) >= 11 is 0. The molecule has 0 aliphatic carbocycles. The molecule has 0 aromatic carbocycles. The van der Waals surface area contributed by atoms with Gasteiger partial charge in [0.05, 0.1) is 18.8 Å². The lowest BCUT2D eigenvalue weighted by molar-refractivity contribution is 0.0734. The minimum absolute atomic E-state index is 0.107. The maximum atomic E-state index is 11.7. The van der Waals surface area contributed by atoms with Crippen molar-refractivity contribution in [2.75, 3.05) is 26.3 Å². The van der Waals surface area contributed by atoms with Crippen molar-refractivity contribution in [2.24, 2.45) is 0 Å². The highest BCUT2D eigenvalue weighted by atomic mass is 16.5. The zero-order valence-corrected chi connectivity index (χ0v) is 9.29. The first kappa shape index (κ1) is 11.2. The smallest absolute Gasteiger partial charge is 0.254 e. The minimum atomic E-state index is -0.107. The van der Waals surface area contributed by atoms with Gasteiger partial charge in [-0.25, -0.2) is 0 Å². The Morgan fingerprint density at radius 1 is 1.69 bits per heavy atom. The van der Waals surface area contributed by atoms with Crippen LogP contribution in [0, 0.1) is 6.92 Å². The number of rotatable bonds is 3. The Morgan fingerprint density at radius 3 is 3.19 bits per heavy atom. The molecule has 0 saturated carbocycles. The van der Waals surface area contributed by atoms with E-state index in [1.54, 1.807) is 6.07 Å². The van der Waals surface area contributed by atoms with Crippen LogP contribution in [-0.2, 0) is 4.74 Å². The zero-order valence-electron chi connectivity index (χ0n) is 9.29. The molecule has 1 atom stereocenters. The topological polar surface area (TPSA) is 63.5 Å². The maximum Gasteiger partial charge on any atom is 0.254 e. The van der Waals surface area contributed by atoms with Crippen LogP contribution in [0.25, 0.3) is 0 Å². The second-order valence-electron chi connectivity index (χ2n) is 3.88. The number of amides is 1. The van der Waals surface area contributed by atoms with Gasteiger partial charge in [-0.1, -0.05) is 0 Å². The standard InChI is InChI=1S/C11H16N2O3/c1-8-4-9(6-16-8)11(14)13-5-10-7-15-3-2-12-10/h4,6,10,12H,2-3,5,7H2,1H3,(H,13,14). The van der Waals surface area contributed by atoms with Crippen LogP contribution in [0.15, 0.2) is 16.7 Å². The Kier molecular flexibility index (Phi) is 3.58. The lowest BCUT2D eigenvalue weighted by atomic mass is 10.2. The number of ether oxygens (including phenoxy) is 1. The summed E-state index contributed by atoms with van der Waals surface area (Å²) < 4.78 is 10.4. The Hall–Kier alpha value is -1.33. The molecule has 2 N–H and O–H groups in total. The van der Waals surface area contributed by atoms with Crippen molar-refractivity contribution in [2.45, 2.75) is 13.0 Å². The Bertz CT molecular complexity index is 356. The first-order valence-corrected chi connectivity index (χ1v) is 5.40. The molecular weight excluding hydrogens is 208 g/mol. The lowest BCUT2D eigenvalue weighted by Gasteiger charge is -2.23. The van der Waals surface area contributed by atoms with E-state index < -0.39 is 0 Å².